The van der Waals surface area contributed by atoms with Gasteiger partial charge in [0.05, 0.1) is 5.69 Å². The van der Waals surface area contributed by atoms with Crippen LogP contribution in [0.2, 0.25) is 5.02 Å². The minimum absolute atomic E-state index is 0.112. The Bertz CT molecular complexity index is 1610. The SMILES string of the molecule is Cc1cc(N2C(=O)NC(=O)/C(=C\c3c(C)n(Cc4ccccc4Cl)c4ccccc34)C2=O)ccc1Br. The molecule has 6 nitrogen and oxygen atoms in total. The highest BCUT2D eigenvalue weighted by Gasteiger charge is 2.37. The van der Waals surface area contributed by atoms with Gasteiger partial charge in [-0.25, -0.2) is 9.69 Å². The number of para-hydroxylation sites is 1. The van der Waals surface area contributed by atoms with E-state index in [0.29, 0.717) is 17.3 Å². The summed E-state index contributed by atoms with van der Waals surface area (Å²) in [5.41, 5.74) is 4.63. The predicted octanol–water partition coefficient (Wildman–Crippen LogP) is 6.39. The Kier molecular flexibility index (Phi) is 6.28. The summed E-state index contributed by atoms with van der Waals surface area (Å²) >= 11 is 9.85. The van der Waals surface area contributed by atoms with Crippen molar-refractivity contribution in [2.45, 2.75) is 20.4 Å². The van der Waals surface area contributed by atoms with Crippen LogP contribution in [0.15, 0.2) is 76.8 Å². The van der Waals surface area contributed by atoms with Crippen LogP contribution < -0.4 is 10.2 Å². The molecule has 1 aliphatic heterocycles. The third kappa shape index (κ3) is 4.14. The largest absolute Gasteiger partial charge is 0.340 e. The molecule has 0 bridgehead atoms. The molecule has 1 fully saturated rings. The van der Waals surface area contributed by atoms with Crippen molar-refractivity contribution >= 4 is 68.0 Å². The van der Waals surface area contributed by atoms with E-state index in [2.05, 4.69) is 25.8 Å². The van der Waals surface area contributed by atoms with Gasteiger partial charge < -0.3 is 4.57 Å². The topological polar surface area (TPSA) is 71.4 Å². The van der Waals surface area contributed by atoms with E-state index in [-0.39, 0.29) is 5.57 Å². The number of urea groups is 1. The molecule has 0 atom stereocenters. The van der Waals surface area contributed by atoms with Gasteiger partial charge in [0, 0.05) is 38.2 Å². The maximum absolute atomic E-state index is 13.5. The fraction of sp³-hybridized carbons (Fsp3) is 0.107. The van der Waals surface area contributed by atoms with Crippen molar-refractivity contribution in [2.24, 2.45) is 0 Å². The smallest absolute Gasteiger partial charge is 0.335 e. The third-order valence-corrected chi connectivity index (χ3v) is 7.61. The lowest BCUT2D eigenvalue weighted by molar-refractivity contribution is -0.122. The van der Waals surface area contributed by atoms with Crippen LogP contribution in [0.1, 0.15) is 22.4 Å². The molecule has 4 aromatic rings. The number of aromatic nitrogens is 1. The van der Waals surface area contributed by atoms with Crippen LogP contribution in [-0.4, -0.2) is 22.4 Å². The number of nitrogens with zero attached hydrogens (tertiary/aromatic N) is 2. The van der Waals surface area contributed by atoms with E-state index in [9.17, 15) is 14.4 Å². The Balaban J connectivity index is 1.62. The molecule has 4 amide bonds. The molecule has 0 spiro atoms. The van der Waals surface area contributed by atoms with E-state index in [4.69, 9.17) is 11.6 Å². The number of hydrogen-bond acceptors (Lipinski definition) is 3. The Hall–Kier alpha value is -3.68. The molecule has 8 heteroatoms. The molecule has 5 rings (SSSR count). The zero-order valence-corrected chi connectivity index (χ0v) is 21.9. The molecule has 1 aromatic heterocycles. The molecule has 180 valence electrons. The Morgan fingerprint density at radius 3 is 2.44 bits per heavy atom. The van der Waals surface area contributed by atoms with Crippen molar-refractivity contribution in [3.05, 3.63) is 104 Å². The quantitative estimate of drug-likeness (QED) is 0.231. The first kappa shape index (κ1) is 24.0. The molecule has 36 heavy (non-hydrogen) atoms. The van der Waals surface area contributed by atoms with Gasteiger partial charge in [-0.2, -0.15) is 0 Å². The summed E-state index contributed by atoms with van der Waals surface area (Å²) in [5.74, 6) is -1.40. The highest BCUT2D eigenvalue weighted by molar-refractivity contribution is 9.10. The Morgan fingerprint density at radius 2 is 1.69 bits per heavy atom. The molecule has 1 aliphatic rings. The van der Waals surface area contributed by atoms with Gasteiger partial charge in [-0.1, -0.05) is 63.9 Å². The second-order valence-corrected chi connectivity index (χ2v) is 9.85. The van der Waals surface area contributed by atoms with Gasteiger partial charge in [0.1, 0.15) is 5.57 Å². The van der Waals surface area contributed by atoms with Crippen LogP contribution in [0.5, 0.6) is 0 Å². The Morgan fingerprint density at radius 1 is 0.972 bits per heavy atom. The van der Waals surface area contributed by atoms with Gasteiger partial charge in [-0.3, -0.25) is 14.9 Å². The minimum atomic E-state index is -0.776. The number of rotatable bonds is 4. The molecule has 0 radical (unpaired) electrons. The molecule has 2 heterocycles. The average molecular weight is 563 g/mol. The molecular formula is C28H21BrClN3O3. The van der Waals surface area contributed by atoms with Crippen LogP contribution in [0.25, 0.3) is 17.0 Å². The molecular weight excluding hydrogens is 542 g/mol. The number of fused-ring (bicyclic) bond motifs is 1. The van der Waals surface area contributed by atoms with Crippen LogP contribution in [0.4, 0.5) is 10.5 Å². The second-order valence-electron chi connectivity index (χ2n) is 8.59. The maximum atomic E-state index is 13.5. The lowest BCUT2D eigenvalue weighted by Crippen LogP contribution is -2.54. The normalized spacial score (nSPS) is 15.2. The van der Waals surface area contributed by atoms with E-state index >= 15 is 0 Å². The van der Waals surface area contributed by atoms with E-state index in [1.165, 1.54) is 0 Å². The Labute approximate surface area is 221 Å². The van der Waals surface area contributed by atoms with Crippen molar-refractivity contribution in [2.75, 3.05) is 4.90 Å². The van der Waals surface area contributed by atoms with Crippen molar-refractivity contribution in [1.29, 1.82) is 0 Å². The predicted molar refractivity (Wildman–Crippen MR) is 145 cm³/mol. The van der Waals surface area contributed by atoms with Crippen LogP contribution >= 0.6 is 27.5 Å². The van der Waals surface area contributed by atoms with Crippen LogP contribution in [0.3, 0.4) is 0 Å². The van der Waals surface area contributed by atoms with Crippen molar-refractivity contribution in [3.8, 4) is 0 Å². The number of aryl methyl sites for hydroxylation is 1. The fourth-order valence-corrected chi connectivity index (χ4v) is 4.89. The number of benzene rings is 3. The summed E-state index contributed by atoms with van der Waals surface area (Å²) in [5, 5.41) is 3.86. The van der Waals surface area contributed by atoms with Crippen LogP contribution in [-0.2, 0) is 16.1 Å². The number of amides is 4. The van der Waals surface area contributed by atoms with E-state index in [1.54, 1.807) is 24.3 Å². The monoisotopic (exact) mass is 561 g/mol. The lowest BCUT2D eigenvalue weighted by atomic mass is 10.0. The van der Waals surface area contributed by atoms with E-state index in [0.717, 1.165) is 42.7 Å². The summed E-state index contributed by atoms with van der Waals surface area (Å²) in [6, 6.07) is 19.8. The van der Waals surface area contributed by atoms with Gasteiger partial charge >= 0.3 is 6.03 Å². The summed E-state index contributed by atoms with van der Waals surface area (Å²) in [4.78, 5) is 39.9. The van der Waals surface area contributed by atoms with Gasteiger partial charge in [-0.05, 0) is 61.4 Å². The highest BCUT2D eigenvalue weighted by atomic mass is 79.9. The number of carbonyl (C=O) groups excluding carboxylic acids is 3. The third-order valence-electron chi connectivity index (χ3n) is 6.36. The summed E-state index contributed by atoms with van der Waals surface area (Å²) in [7, 11) is 0. The number of hydrogen-bond donors (Lipinski definition) is 1. The van der Waals surface area contributed by atoms with Gasteiger partial charge in [0.25, 0.3) is 11.8 Å². The summed E-state index contributed by atoms with van der Waals surface area (Å²) < 4.78 is 2.96. The zero-order valence-electron chi connectivity index (χ0n) is 19.5. The number of carbonyl (C=O) groups is 3. The number of imide groups is 2. The van der Waals surface area contributed by atoms with Gasteiger partial charge in [-0.15, -0.1) is 0 Å². The zero-order chi connectivity index (χ0) is 25.6. The van der Waals surface area contributed by atoms with Crippen molar-refractivity contribution in [1.82, 2.24) is 9.88 Å². The molecule has 1 N–H and O–H groups in total. The minimum Gasteiger partial charge on any atom is -0.340 e. The first-order chi connectivity index (χ1) is 17.3. The molecule has 0 unspecified atom stereocenters. The number of barbiturate groups is 1. The first-order valence-corrected chi connectivity index (χ1v) is 12.4. The average Bonchev–Trinajstić information content (AvgIpc) is 3.11. The summed E-state index contributed by atoms with van der Waals surface area (Å²) in [6.45, 7) is 4.33. The standard InChI is InChI=1S/C28H21BrClN3O3/c1-16-13-19(11-12-23(16)29)33-27(35)22(26(34)31-28(33)36)14-21-17(2)32(25-10-6-4-8-20(21)25)15-18-7-3-5-9-24(18)30/h3-14H,15H2,1-2H3,(H,31,34,36)/b22-14+. The van der Waals surface area contributed by atoms with E-state index < -0.39 is 17.8 Å². The lowest BCUT2D eigenvalue weighted by Gasteiger charge is -2.26. The first-order valence-electron chi connectivity index (χ1n) is 11.2. The van der Waals surface area contributed by atoms with E-state index in [1.807, 2.05) is 62.4 Å². The number of anilines is 1. The van der Waals surface area contributed by atoms with Crippen LogP contribution in [0, 0.1) is 13.8 Å². The van der Waals surface area contributed by atoms with Crippen molar-refractivity contribution in [3.63, 3.8) is 0 Å². The summed E-state index contributed by atoms with van der Waals surface area (Å²) in [6.07, 6.45) is 1.57. The number of nitrogens with one attached hydrogen (secondary N) is 1. The fourth-order valence-electron chi connectivity index (χ4n) is 4.44. The second kappa shape index (κ2) is 9.41. The molecule has 3 aromatic carbocycles. The maximum Gasteiger partial charge on any atom is 0.335 e. The molecule has 0 saturated carbocycles. The molecule has 1 saturated heterocycles. The molecule has 0 aliphatic carbocycles. The highest BCUT2D eigenvalue weighted by Crippen LogP contribution is 2.32. The van der Waals surface area contributed by atoms with Gasteiger partial charge in [0.15, 0.2) is 0 Å². The van der Waals surface area contributed by atoms with Gasteiger partial charge in [0.2, 0.25) is 0 Å². The van der Waals surface area contributed by atoms with Crippen molar-refractivity contribution < 1.29 is 14.4 Å². The number of halogens is 2.